The van der Waals surface area contributed by atoms with Gasteiger partial charge >= 0.3 is 5.97 Å². The van der Waals surface area contributed by atoms with Crippen LogP contribution in [0, 0.1) is 11.8 Å². The predicted octanol–water partition coefficient (Wildman–Crippen LogP) is 1.30. The molecular weight excluding hydrogens is 450 g/mol. The van der Waals surface area contributed by atoms with Crippen LogP contribution >= 0.6 is 0 Å². The number of carbonyl (C=O) groups excluding carboxylic acids is 3. The van der Waals surface area contributed by atoms with Crippen molar-refractivity contribution < 1.29 is 24.3 Å². The number of para-hydroxylation sites is 1. The van der Waals surface area contributed by atoms with E-state index in [1.54, 1.807) is 20.0 Å². The molecule has 4 atom stereocenters. The minimum Gasteiger partial charge on any atom is -0.480 e. The summed E-state index contributed by atoms with van der Waals surface area (Å²) in [5.74, 6) is -3.07. The number of hydrogen-bond acceptors (Lipinski definition) is 5. The van der Waals surface area contributed by atoms with Gasteiger partial charge in [0.25, 0.3) is 0 Å². The number of H-pyrrole nitrogens is 1. The van der Waals surface area contributed by atoms with Crippen molar-refractivity contribution in [3.63, 3.8) is 0 Å². The summed E-state index contributed by atoms with van der Waals surface area (Å²) in [5.41, 5.74) is 7.41. The highest BCUT2D eigenvalue weighted by atomic mass is 16.4. The van der Waals surface area contributed by atoms with E-state index in [2.05, 4.69) is 20.9 Å². The lowest BCUT2D eigenvalue weighted by atomic mass is 9.99. The van der Waals surface area contributed by atoms with Crippen molar-refractivity contribution in [3.8, 4) is 0 Å². The largest absolute Gasteiger partial charge is 0.480 e. The Morgan fingerprint density at radius 1 is 0.914 bits per heavy atom. The Kier molecular flexibility index (Phi) is 9.82. The predicted molar refractivity (Wildman–Crippen MR) is 133 cm³/mol. The highest BCUT2D eigenvalue weighted by Gasteiger charge is 2.32. The van der Waals surface area contributed by atoms with Gasteiger partial charge in [0.1, 0.15) is 18.1 Å². The van der Waals surface area contributed by atoms with Crippen LogP contribution < -0.4 is 21.7 Å². The Morgan fingerprint density at radius 3 is 2.11 bits per heavy atom. The summed E-state index contributed by atoms with van der Waals surface area (Å²) >= 11 is 0. The van der Waals surface area contributed by atoms with Crippen molar-refractivity contribution in [1.29, 1.82) is 0 Å². The smallest absolute Gasteiger partial charge is 0.326 e. The van der Waals surface area contributed by atoms with Crippen LogP contribution in [-0.2, 0) is 25.6 Å². The van der Waals surface area contributed by atoms with E-state index >= 15 is 0 Å². The highest BCUT2D eigenvalue weighted by Crippen LogP contribution is 2.19. The number of fused-ring (bicyclic) bond motifs is 1. The molecule has 3 amide bonds. The van der Waals surface area contributed by atoms with Gasteiger partial charge in [-0.1, -0.05) is 45.9 Å². The van der Waals surface area contributed by atoms with Gasteiger partial charge in [0.2, 0.25) is 17.7 Å². The third kappa shape index (κ3) is 7.81. The minimum absolute atomic E-state index is 0.0532. The van der Waals surface area contributed by atoms with E-state index in [-0.39, 0.29) is 24.7 Å². The van der Waals surface area contributed by atoms with Gasteiger partial charge in [-0.3, -0.25) is 14.4 Å². The van der Waals surface area contributed by atoms with Crippen molar-refractivity contribution >= 4 is 34.6 Å². The molecule has 2 aromatic rings. The quantitative estimate of drug-likeness (QED) is 0.264. The van der Waals surface area contributed by atoms with Gasteiger partial charge in [-0.15, -0.1) is 0 Å². The number of carboxylic acids is 1. The fraction of sp³-hybridized carbons (Fsp3) is 0.520. The normalized spacial score (nSPS) is 14.9. The molecule has 0 aliphatic carbocycles. The number of carboxylic acid groups (broad SMARTS) is 1. The first-order valence-corrected chi connectivity index (χ1v) is 11.8. The van der Waals surface area contributed by atoms with Crippen LogP contribution in [0.3, 0.4) is 0 Å². The molecular formula is C25H37N5O5. The van der Waals surface area contributed by atoms with Crippen LogP contribution in [-0.4, -0.2) is 57.9 Å². The molecule has 10 heteroatoms. The van der Waals surface area contributed by atoms with Gasteiger partial charge in [0.05, 0.1) is 6.04 Å². The first-order valence-electron chi connectivity index (χ1n) is 11.8. The molecule has 35 heavy (non-hydrogen) atoms. The summed E-state index contributed by atoms with van der Waals surface area (Å²) in [6, 6.07) is 3.70. The molecule has 0 fully saturated rings. The SMILES string of the molecule is CC(C)CC(NC(=O)C(NC(=O)C(Cc1c[nH]c2ccccc12)NC(=O)C(C)N)C(C)C)C(=O)O. The molecule has 2 rings (SSSR count). The van der Waals surface area contributed by atoms with Crippen LogP contribution in [0.15, 0.2) is 30.5 Å². The van der Waals surface area contributed by atoms with Crippen LogP contribution in [0.4, 0.5) is 0 Å². The highest BCUT2D eigenvalue weighted by molar-refractivity contribution is 5.95. The molecule has 0 saturated heterocycles. The molecule has 1 heterocycles. The molecule has 7 N–H and O–H groups in total. The number of benzene rings is 1. The maximum atomic E-state index is 13.3. The number of carbonyl (C=O) groups is 4. The number of nitrogens with two attached hydrogens (primary N) is 1. The second-order valence-electron chi connectivity index (χ2n) is 9.67. The van der Waals surface area contributed by atoms with E-state index in [4.69, 9.17) is 5.73 Å². The van der Waals surface area contributed by atoms with E-state index < -0.39 is 47.9 Å². The van der Waals surface area contributed by atoms with Gasteiger partial charge in [0.15, 0.2) is 0 Å². The Labute approximate surface area is 205 Å². The summed E-state index contributed by atoms with van der Waals surface area (Å²) in [6.07, 6.45) is 2.21. The Hall–Kier alpha value is -3.40. The molecule has 0 saturated carbocycles. The fourth-order valence-corrected chi connectivity index (χ4v) is 3.78. The van der Waals surface area contributed by atoms with Crippen molar-refractivity contribution in [3.05, 3.63) is 36.0 Å². The zero-order valence-corrected chi connectivity index (χ0v) is 20.9. The Balaban J connectivity index is 2.24. The van der Waals surface area contributed by atoms with Crippen molar-refractivity contribution in [2.75, 3.05) is 0 Å². The van der Waals surface area contributed by atoms with Gasteiger partial charge in [-0.25, -0.2) is 4.79 Å². The number of rotatable bonds is 12. The molecule has 1 aromatic carbocycles. The molecule has 0 aliphatic rings. The average molecular weight is 488 g/mol. The average Bonchev–Trinajstić information content (AvgIpc) is 3.18. The van der Waals surface area contributed by atoms with Crippen LogP contribution in [0.25, 0.3) is 10.9 Å². The molecule has 10 nitrogen and oxygen atoms in total. The zero-order valence-electron chi connectivity index (χ0n) is 20.9. The number of aromatic amines is 1. The molecule has 192 valence electrons. The summed E-state index contributed by atoms with van der Waals surface area (Å²) in [7, 11) is 0. The second-order valence-corrected chi connectivity index (χ2v) is 9.67. The Bertz CT molecular complexity index is 1050. The van der Waals surface area contributed by atoms with E-state index in [0.29, 0.717) is 0 Å². The van der Waals surface area contributed by atoms with Crippen LogP contribution in [0.2, 0.25) is 0 Å². The molecule has 0 radical (unpaired) electrons. The standard InChI is InChI=1S/C25H37N5O5/c1-13(2)10-20(25(34)35)29-24(33)21(14(3)4)30-23(32)19(28-22(31)15(5)26)11-16-12-27-18-9-7-6-8-17(16)18/h6-9,12-15,19-21,27H,10-11,26H2,1-5H3,(H,28,31)(H,29,33)(H,30,32)(H,34,35). The molecule has 0 bridgehead atoms. The van der Waals surface area contributed by atoms with Crippen molar-refractivity contribution in [1.82, 2.24) is 20.9 Å². The van der Waals surface area contributed by atoms with Crippen LogP contribution in [0.5, 0.6) is 0 Å². The molecule has 0 aliphatic heterocycles. The third-order valence-electron chi connectivity index (χ3n) is 5.71. The molecule has 0 spiro atoms. The third-order valence-corrected chi connectivity index (χ3v) is 5.71. The maximum absolute atomic E-state index is 13.3. The fourth-order valence-electron chi connectivity index (χ4n) is 3.78. The summed E-state index contributed by atoms with van der Waals surface area (Å²) in [5, 5.41) is 18.3. The topological polar surface area (TPSA) is 166 Å². The number of aliphatic carboxylic acids is 1. The zero-order chi connectivity index (χ0) is 26.3. The number of hydrogen-bond donors (Lipinski definition) is 6. The van der Waals surface area contributed by atoms with Gasteiger partial charge in [-0.2, -0.15) is 0 Å². The Morgan fingerprint density at radius 2 is 1.54 bits per heavy atom. The minimum atomic E-state index is -1.14. The lowest BCUT2D eigenvalue weighted by Gasteiger charge is -2.27. The van der Waals surface area contributed by atoms with E-state index in [0.717, 1.165) is 16.5 Å². The number of aromatic nitrogens is 1. The lowest BCUT2D eigenvalue weighted by Crippen LogP contribution is -2.58. The van der Waals surface area contributed by atoms with E-state index in [1.165, 1.54) is 6.92 Å². The summed E-state index contributed by atoms with van der Waals surface area (Å²) in [4.78, 5) is 53.4. The monoisotopic (exact) mass is 487 g/mol. The van der Waals surface area contributed by atoms with E-state index in [9.17, 15) is 24.3 Å². The number of amides is 3. The first-order chi connectivity index (χ1) is 16.4. The van der Waals surface area contributed by atoms with Gasteiger partial charge in [0, 0.05) is 23.5 Å². The summed E-state index contributed by atoms with van der Waals surface area (Å²) in [6.45, 7) is 8.73. The van der Waals surface area contributed by atoms with E-state index in [1.807, 2.05) is 38.1 Å². The molecule has 4 unspecified atom stereocenters. The second kappa shape index (κ2) is 12.3. The van der Waals surface area contributed by atoms with Gasteiger partial charge in [-0.05, 0) is 36.8 Å². The summed E-state index contributed by atoms with van der Waals surface area (Å²) < 4.78 is 0. The van der Waals surface area contributed by atoms with Crippen molar-refractivity contribution in [2.24, 2.45) is 17.6 Å². The maximum Gasteiger partial charge on any atom is 0.326 e. The number of nitrogens with one attached hydrogen (secondary N) is 4. The van der Waals surface area contributed by atoms with Gasteiger partial charge < -0.3 is 31.8 Å². The lowest BCUT2D eigenvalue weighted by molar-refractivity contribution is -0.143. The van der Waals surface area contributed by atoms with Crippen LogP contribution in [0.1, 0.15) is 46.6 Å². The van der Waals surface area contributed by atoms with Crippen molar-refractivity contribution in [2.45, 2.75) is 71.6 Å². The first kappa shape index (κ1) is 27.8. The molecule has 1 aromatic heterocycles.